The fourth-order valence-corrected chi connectivity index (χ4v) is 2.70. The highest BCUT2D eigenvalue weighted by atomic mass is 32.2. The lowest BCUT2D eigenvalue weighted by Gasteiger charge is -2.09. The van der Waals surface area contributed by atoms with E-state index in [0.29, 0.717) is 0 Å². The van der Waals surface area contributed by atoms with Gasteiger partial charge >= 0.3 is 0 Å². The molecule has 0 aromatic heterocycles. The van der Waals surface area contributed by atoms with Gasteiger partial charge in [-0.2, -0.15) is 0 Å². The zero-order chi connectivity index (χ0) is 13.7. The van der Waals surface area contributed by atoms with Crippen molar-refractivity contribution in [3.05, 3.63) is 58.0 Å². The van der Waals surface area contributed by atoms with Crippen LogP contribution >= 0.6 is 12.0 Å². The predicted molar refractivity (Wildman–Crippen MR) is 80.4 cm³/mol. The van der Waals surface area contributed by atoms with Crippen molar-refractivity contribution >= 4 is 17.8 Å². The molecule has 1 N–H and O–H groups in total. The number of allylic oxidation sites excluding steroid dienone is 3. The Labute approximate surface area is 118 Å². The summed E-state index contributed by atoms with van der Waals surface area (Å²) in [4.78, 5) is 12.3. The Bertz CT molecular complexity index is 529. The Morgan fingerprint density at radius 1 is 1.32 bits per heavy atom. The molecule has 100 valence electrons. The first-order valence-electron chi connectivity index (χ1n) is 6.51. The summed E-state index contributed by atoms with van der Waals surface area (Å²) in [7, 11) is 0. The van der Waals surface area contributed by atoms with Crippen LogP contribution in [0.25, 0.3) is 0 Å². The third-order valence-electron chi connectivity index (χ3n) is 3.27. The van der Waals surface area contributed by atoms with E-state index in [2.05, 4.69) is 12.2 Å². The summed E-state index contributed by atoms with van der Waals surface area (Å²) < 4.78 is 9.36. The largest absolute Gasteiger partial charge is 0.325 e. The van der Waals surface area contributed by atoms with Crippen LogP contribution in [0.15, 0.2) is 46.9 Å². The third-order valence-corrected chi connectivity index (χ3v) is 3.90. The Kier molecular flexibility index (Phi) is 5.00. The molecule has 0 spiro atoms. The molecule has 2 rings (SSSR count). The summed E-state index contributed by atoms with van der Waals surface area (Å²) in [6.07, 6.45) is 8.24. The molecule has 0 saturated heterocycles. The average molecular weight is 274 g/mol. The van der Waals surface area contributed by atoms with Crippen LogP contribution in [-0.2, 0) is 6.42 Å². The van der Waals surface area contributed by atoms with Crippen LogP contribution in [0.2, 0.25) is 0 Å². The maximum Gasteiger partial charge on any atom is 0.159 e. The number of hydrogen-bond acceptors (Lipinski definition) is 3. The van der Waals surface area contributed by atoms with Crippen molar-refractivity contribution in [1.29, 1.82) is 0 Å². The van der Waals surface area contributed by atoms with E-state index in [1.165, 1.54) is 0 Å². The molecule has 0 saturated carbocycles. The number of Topliss-reactive ketones (excluding diaryl/α,β-unsaturated/α-hetero) is 1. The maximum absolute atomic E-state index is 11.4. The van der Waals surface area contributed by atoms with E-state index < -0.39 is 0 Å². The fourth-order valence-electron chi connectivity index (χ4n) is 2.23. The monoisotopic (exact) mass is 274 g/mol. The molecule has 1 aromatic carbocycles. The number of carbonyl (C=O) groups excluding carboxylic acids is 1. The SMILES string of the molecule is CC(=O)c1cccc(CC2=CCCCC=C2SO)c1. The van der Waals surface area contributed by atoms with E-state index in [1.807, 2.05) is 24.3 Å². The van der Waals surface area contributed by atoms with Crippen molar-refractivity contribution in [2.75, 3.05) is 0 Å². The Morgan fingerprint density at radius 3 is 2.84 bits per heavy atom. The molecule has 1 aromatic rings. The lowest BCUT2D eigenvalue weighted by molar-refractivity contribution is 0.101. The van der Waals surface area contributed by atoms with E-state index in [0.717, 1.165) is 59.3 Å². The molecule has 0 unspecified atom stereocenters. The van der Waals surface area contributed by atoms with Crippen molar-refractivity contribution in [2.24, 2.45) is 0 Å². The van der Waals surface area contributed by atoms with Gasteiger partial charge in [0.25, 0.3) is 0 Å². The quantitative estimate of drug-likeness (QED) is 0.642. The summed E-state index contributed by atoms with van der Waals surface area (Å²) in [6.45, 7) is 1.58. The summed E-state index contributed by atoms with van der Waals surface area (Å²) in [5.74, 6) is 0.0870. The van der Waals surface area contributed by atoms with Gasteiger partial charge in [0.05, 0.1) is 0 Å². The number of carbonyl (C=O) groups is 1. The molecule has 0 heterocycles. The van der Waals surface area contributed by atoms with Crippen LogP contribution in [-0.4, -0.2) is 10.3 Å². The van der Waals surface area contributed by atoms with Crippen LogP contribution < -0.4 is 0 Å². The molecular weight excluding hydrogens is 256 g/mol. The van der Waals surface area contributed by atoms with Gasteiger partial charge in [0, 0.05) is 22.5 Å². The molecule has 0 bridgehead atoms. The van der Waals surface area contributed by atoms with Crippen LogP contribution in [0.3, 0.4) is 0 Å². The first-order chi connectivity index (χ1) is 9.20. The Morgan fingerprint density at radius 2 is 2.11 bits per heavy atom. The second kappa shape index (κ2) is 6.73. The van der Waals surface area contributed by atoms with Crippen molar-refractivity contribution < 1.29 is 9.35 Å². The van der Waals surface area contributed by atoms with E-state index in [4.69, 9.17) is 0 Å². The number of rotatable bonds is 4. The lowest BCUT2D eigenvalue weighted by atomic mass is 10.0. The molecule has 0 fully saturated rings. The number of hydrogen-bond donors (Lipinski definition) is 1. The highest BCUT2D eigenvalue weighted by Crippen LogP contribution is 2.29. The molecular formula is C16H18O2S. The lowest BCUT2D eigenvalue weighted by Crippen LogP contribution is -1.96. The summed E-state index contributed by atoms with van der Waals surface area (Å²) in [5, 5.41) is 0. The second-order valence-corrected chi connectivity index (χ2v) is 5.38. The van der Waals surface area contributed by atoms with Crippen molar-refractivity contribution in [3.8, 4) is 0 Å². The van der Waals surface area contributed by atoms with Gasteiger partial charge in [0.2, 0.25) is 0 Å². The smallest absolute Gasteiger partial charge is 0.159 e. The molecule has 2 nitrogen and oxygen atoms in total. The number of benzene rings is 1. The molecule has 0 atom stereocenters. The standard InChI is InChI=1S/C16H18O2S/c1-12(17)14-8-5-6-13(10-14)11-15-7-3-2-4-9-16(15)19-18/h5-10,18H,2-4,11H2,1H3. The minimum Gasteiger partial charge on any atom is -0.325 e. The molecule has 1 aliphatic carbocycles. The van der Waals surface area contributed by atoms with E-state index >= 15 is 0 Å². The maximum atomic E-state index is 11.4. The van der Waals surface area contributed by atoms with E-state index in [-0.39, 0.29) is 5.78 Å². The minimum absolute atomic E-state index is 0.0870. The fraction of sp³-hybridized carbons (Fsp3) is 0.312. The van der Waals surface area contributed by atoms with E-state index in [1.54, 1.807) is 6.92 Å². The van der Waals surface area contributed by atoms with Crippen molar-refractivity contribution in [3.63, 3.8) is 0 Å². The summed E-state index contributed by atoms with van der Waals surface area (Å²) in [5.41, 5.74) is 3.01. The van der Waals surface area contributed by atoms with Crippen LogP contribution in [0, 0.1) is 0 Å². The van der Waals surface area contributed by atoms with Gasteiger partial charge < -0.3 is 4.55 Å². The third kappa shape index (κ3) is 3.82. The van der Waals surface area contributed by atoms with Crippen LogP contribution in [0.1, 0.15) is 42.1 Å². The molecule has 19 heavy (non-hydrogen) atoms. The first kappa shape index (κ1) is 14.1. The van der Waals surface area contributed by atoms with Gasteiger partial charge in [-0.05, 0) is 49.8 Å². The van der Waals surface area contributed by atoms with Gasteiger partial charge in [-0.1, -0.05) is 30.4 Å². The average Bonchev–Trinajstić information content (AvgIpc) is 2.64. The van der Waals surface area contributed by atoms with Gasteiger partial charge in [0.1, 0.15) is 0 Å². The first-order valence-corrected chi connectivity index (χ1v) is 7.29. The summed E-state index contributed by atoms with van der Waals surface area (Å²) in [6, 6.07) is 7.72. The van der Waals surface area contributed by atoms with Gasteiger partial charge in [-0.15, -0.1) is 0 Å². The second-order valence-electron chi connectivity index (χ2n) is 4.75. The predicted octanol–water partition coefficient (Wildman–Crippen LogP) is 4.63. The topological polar surface area (TPSA) is 37.3 Å². The molecule has 1 aliphatic rings. The molecule has 0 aliphatic heterocycles. The highest BCUT2D eigenvalue weighted by Gasteiger charge is 2.10. The zero-order valence-electron chi connectivity index (χ0n) is 11.1. The molecule has 0 radical (unpaired) electrons. The Hall–Kier alpha value is -1.32. The van der Waals surface area contributed by atoms with Gasteiger partial charge in [-0.25, -0.2) is 0 Å². The van der Waals surface area contributed by atoms with Crippen molar-refractivity contribution in [1.82, 2.24) is 0 Å². The molecule has 3 heteroatoms. The van der Waals surface area contributed by atoms with Crippen LogP contribution in [0.5, 0.6) is 0 Å². The zero-order valence-corrected chi connectivity index (χ0v) is 11.9. The normalized spacial score (nSPS) is 15.5. The molecule has 0 amide bonds. The minimum atomic E-state index is 0.0870. The summed E-state index contributed by atoms with van der Waals surface area (Å²) >= 11 is 0.823. The van der Waals surface area contributed by atoms with Gasteiger partial charge in [0.15, 0.2) is 5.78 Å². The van der Waals surface area contributed by atoms with Gasteiger partial charge in [-0.3, -0.25) is 4.79 Å². The van der Waals surface area contributed by atoms with Crippen LogP contribution in [0.4, 0.5) is 0 Å². The highest BCUT2D eigenvalue weighted by molar-refractivity contribution is 7.97. The van der Waals surface area contributed by atoms with E-state index in [9.17, 15) is 9.35 Å². The Balaban J connectivity index is 2.22. The van der Waals surface area contributed by atoms with Crippen molar-refractivity contribution in [2.45, 2.75) is 32.6 Å². The number of ketones is 1.